The molecule has 2 aromatic rings. The van der Waals surface area contributed by atoms with Crippen LogP contribution in [0.2, 0.25) is 0 Å². The molecule has 0 fully saturated rings. The van der Waals surface area contributed by atoms with E-state index >= 15 is 0 Å². The van der Waals surface area contributed by atoms with Gasteiger partial charge in [0.25, 0.3) is 5.91 Å². The standard InChI is InChI=1S/C20H28N4O3/c1-4-21-20(23-13-12-22-19(25)18-7-6-14-27-18)24(3)15-16-8-10-17(11-9-16)26-5-2/h6-11,14H,4-5,12-13,15H2,1-3H3,(H,21,23)(H,22,25). The van der Waals surface area contributed by atoms with Crippen LogP contribution in [0.5, 0.6) is 5.75 Å². The fourth-order valence-electron chi connectivity index (χ4n) is 2.50. The molecule has 0 saturated heterocycles. The number of benzene rings is 1. The van der Waals surface area contributed by atoms with Crippen LogP contribution in [0.1, 0.15) is 30.0 Å². The highest BCUT2D eigenvalue weighted by Crippen LogP contribution is 2.13. The van der Waals surface area contributed by atoms with Crippen LogP contribution in [0.3, 0.4) is 0 Å². The third-order valence-corrected chi connectivity index (χ3v) is 3.75. The monoisotopic (exact) mass is 372 g/mol. The Labute approximate surface area is 160 Å². The molecule has 1 amide bonds. The molecule has 2 N–H and O–H groups in total. The second-order valence-electron chi connectivity index (χ2n) is 5.90. The summed E-state index contributed by atoms with van der Waals surface area (Å²) < 4.78 is 10.5. The van der Waals surface area contributed by atoms with Crippen LogP contribution < -0.4 is 15.4 Å². The molecule has 0 aliphatic rings. The summed E-state index contributed by atoms with van der Waals surface area (Å²) in [6, 6.07) is 11.4. The van der Waals surface area contributed by atoms with Crippen molar-refractivity contribution in [3.8, 4) is 5.75 Å². The number of furan rings is 1. The smallest absolute Gasteiger partial charge is 0.287 e. The van der Waals surface area contributed by atoms with Crippen LogP contribution in [-0.4, -0.2) is 50.1 Å². The Balaban J connectivity index is 1.86. The third kappa shape index (κ3) is 6.69. The first-order chi connectivity index (χ1) is 13.1. The summed E-state index contributed by atoms with van der Waals surface area (Å²) in [6.07, 6.45) is 1.48. The number of nitrogens with zero attached hydrogens (tertiary/aromatic N) is 2. The summed E-state index contributed by atoms with van der Waals surface area (Å²) in [5.41, 5.74) is 1.16. The quantitative estimate of drug-likeness (QED) is 0.402. The van der Waals surface area contributed by atoms with Crippen LogP contribution in [-0.2, 0) is 6.54 Å². The predicted molar refractivity (Wildman–Crippen MR) is 106 cm³/mol. The molecule has 2 rings (SSSR count). The second kappa shape index (κ2) is 10.9. The highest BCUT2D eigenvalue weighted by Gasteiger charge is 2.08. The maximum atomic E-state index is 11.8. The van der Waals surface area contributed by atoms with Crippen molar-refractivity contribution < 1.29 is 13.9 Å². The van der Waals surface area contributed by atoms with Gasteiger partial charge in [-0.15, -0.1) is 0 Å². The fourth-order valence-corrected chi connectivity index (χ4v) is 2.50. The number of rotatable bonds is 9. The number of nitrogens with one attached hydrogen (secondary N) is 2. The normalized spacial score (nSPS) is 11.1. The summed E-state index contributed by atoms with van der Waals surface area (Å²) >= 11 is 0. The van der Waals surface area contributed by atoms with Crippen molar-refractivity contribution in [1.29, 1.82) is 0 Å². The van der Waals surface area contributed by atoms with E-state index in [-0.39, 0.29) is 5.91 Å². The van der Waals surface area contributed by atoms with E-state index in [0.29, 0.717) is 25.5 Å². The Morgan fingerprint density at radius 3 is 2.59 bits per heavy atom. The average molecular weight is 372 g/mol. The number of amides is 1. The van der Waals surface area contributed by atoms with E-state index in [1.165, 1.54) is 6.26 Å². The van der Waals surface area contributed by atoms with Crippen molar-refractivity contribution in [1.82, 2.24) is 15.5 Å². The van der Waals surface area contributed by atoms with Gasteiger partial charge in [0.05, 0.1) is 19.4 Å². The van der Waals surface area contributed by atoms with E-state index in [1.54, 1.807) is 12.1 Å². The zero-order valence-corrected chi connectivity index (χ0v) is 16.2. The molecule has 1 aromatic carbocycles. The molecule has 0 spiro atoms. The van der Waals surface area contributed by atoms with Crippen LogP contribution >= 0.6 is 0 Å². The van der Waals surface area contributed by atoms with E-state index in [1.807, 2.05) is 37.9 Å². The van der Waals surface area contributed by atoms with Crippen molar-refractivity contribution in [2.45, 2.75) is 20.4 Å². The van der Waals surface area contributed by atoms with Gasteiger partial charge in [0.2, 0.25) is 0 Å². The molecule has 27 heavy (non-hydrogen) atoms. The molecule has 1 aromatic heterocycles. The SMILES string of the molecule is CCNC(=NCCNC(=O)c1ccco1)N(C)Cc1ccc(OCC)cc1. The number of hydrogen-bond acceptors (Lipinski definition) is 4. The molecule has 7 nitrogen and oxygen atoms in total. The van der Waals surface area contributed by atoms with E-state index < -0.39 is 0 Å². The van der Waals surface area contributed by atoms with Gasteiger partial charge in [-0.1, -0.05) is 12.1 Å². The molecular weight excluding hydrogens is 344 g/mol. The van der Waals surface area contributed by atoms with Crippen LogP contribution in [0.4, 0.5) is 0 Å². The number of ether oxygens (including phenoxy) is 1. The zero-order valence-electron chi connectivity index (χ0n) is 16.2. The van der Waals surface area contributed by atoms with Crippen LogP contribution in [0.25, 0.3) is 0 Å². The summed E-state index contributed by atoms with van der Waals surface area (Å²) in [7, 11) is 1.99. The highest BCUT2D eigenvalue weighted by molar-refractivity contribution is 5.91. The van der Waals surface area contributed by atoms with E-state index in [4.69, 9.17) is 9.15 Å². The van der Waals surface area contributed by atoms with Crippen molar-refractivity contribution in [2.75, 3.05) is 33.3 Å². The van der Waals surface area contributed by atoms with Gasteiger partial charge < -0.3 is 24.7 Å². The number of carbonyl (C=O) groups excluding carboxylic acids is 1. The Morgan fingerprint density at radius 1 is 1.19 bits per heavy atom. The van der Waals surface area contributed by atoms with Crippen LogP contribution in [0, 0.1) is 0 Å². The first-order valence-corrected chi connectivity index (χ1v) is 9.17. The molecule has 1 heterocycles. The van der Waals surface area contributed by atoms with Crippen molar-refractivity contribution in [3.63, 3.8) is 0 Å². The number of hydrogen-bond donors (Lipinski definition) is 2. The van der Waals surface area contributed by atoms with Gasteiger partial charge >= 0.3 is 0 Å². The van der Waals surface area contributed by atoms with E-state index in [9.17, 15) is 4.79 Å². The lowest BCUT2D eigenvalue weighted by Crippen LogP contribution is -2.39. The van der Waals surface area contributed by atoms with Gasteiger partial charge in [0, 0.05) is 26.7 Å². The minimum atomic E-state index is -0.233. The molecule has 0 bridgehead atoms. The van der Waals surface area contributed by atoms with Crippen molar-refractivity contribution in [2.24, 2.45) is 4.99 Å². The number of aliphatic imine (C=N–C) groups is 1. The third-order valence-electron chi connectivity index (χ3n) is 3.75. The van der Waals surface area contributed by atoms with Crippen molar-refractivity contribution >= 4 is 11.9 Å². The lowest BCUT2D eigenvalue weighted by Gasteiger charge is -2.22. The largest absolute Gasteiger partial charge is 0.494 e. The van der Waals surface area contributed by atoms with E-state index in [2.05, 4.69) is 27.8 Å². The van der Waals surface area contributed by atoms with Gasteiger partial charge in [-0.3, -0.25) is 9.79 Å². The Hall–Kier alpha value is -2.96. The Bertz CT molecular complexity index is 711. The van der Waals surface area contributed by atoms with Crippen molar-refractivity contribution in [3.05, 3.63) is 54.0 Å². The maximum absolute atomic E-state index is 11.8. The summed E-state index contributed by atoms with van der Waals surface area (Å²) in [5.74, 6) is 1.73. The Morgan fingerprint density at radius 2 is 1.96 bits per heavy atom. The predicted octanol–water partition coefficient (Wildman–Crippen LogP) is 2.51. The minimum absolute atomic E-state index is 0.233. The van der Waals surface area contributed by atoms with Gasteiger partial charge in [-0.05, 0) is 43.7 Å². The van der Waals surface area contributed by atoms with Gasteiger partial charge in [0.15, 0.2) is 11.7 Å². The van der Waals surface area contributed by atoms with E-state index in [0.717, 1.165) is 30.4 Å². The molecule has 0 aliphatic carbocycles. The molecule has 0 saturated carbocycles. The zero-order chi connectivity index (χ0) is 19.5. The molecule has 0 radical (unpaired) electrons. The maximum Gasteiger partial charge on any atom is 0.287 e. The highest BCUT2D eigenvalue weighted by atomic mass is 16.5. The summed E-state index contributed by atoms with van der Waals surface area (Å²) in [4.78, 5) is 18.5. The second-order valence-corrected chi connectivity index (χ2v) is 5.90. The first-order valence-electron chi connectivity index (χ1n) is 9.17. The molecule has 0 unspecified atom stereocenters. The Kier molecular flexibility index (Phi) is 8.22. The fraction of sp³-hybridized carbons (Fsp3) is 0.400. The molecule has 7 heteroatoms. The molecule has 146 valence electrons. The van der Waals surface area contributed by atoms with Gasteiger partial charge in [-0.2, -0.15) is 0 Å². The van der Waals surface area contributed by atoms with Gasteiger partial charge in [0.1, 0.15) is 5.75 Å². The summed E-state index contributed by atoms with van der Waals surface area (Å²) in [5, 5.41) is 6.06. The first kappa shape index (κ1) is 20.4. The molecule has 0 aliphatic heterocycles. The minimum Gasteiger partial charge on any atom is -0.494 e. The molecular formula is C20H28N4O3. The summed E-state index contributed by atoms with van der Waals surface area (Å²) in [6.45, 7) is 7.06. The lowest BCUT2D eigenvalue weighted by atomic mass is 10.2. The topological polar surface area (TPSA) is 79.1 Å². The van der Waals surface area contributed by atoms with Gasteiger partial charge in [-0.25, -0.2) is 0 Å². The average Bonchev–Trinajstić information content (AvgIpc) is 3.20. The number of carbonyl (C=O) groups is 1. The lowest BCUT2D eigenvalue weighted by molar-refractivity contribution is 0.0927. The molecule has 0 atom stereocenters. The van der Waals surface area contributed by atoms with Crippen LogP contribution in [0.15, 0.2) is 52.1 Å². The number of guanidine groups is 1.